The van der Waals surface area contributed by atoms with Crippen molar-refractivity contribution in [3.05, 3.63) is 88.4 Å². The van der Waals surface area contributed by atoms with Crippen LogP contribution in [0.15, 0.2) is 66.7 Å². The number of amides is 2. The molecule has 0 saturated heterocycles. The SMILES string of the molecule is Cc1cc(OCc2ccc(C(=O)NNC(=O)Cn3nnc4ccccc43)cc2)ccc1Cl. The van der Waals surface area contributed by atoms with E-state index in [9.17, 15) is 9.59 Å². The summed E-state index contributed by atoms with van der Waals surface area (Å²) >= 11 is 6.02. The third kappa shape index (κ3) is 5.04. The lowest BCUT2D eigenvalue weighted by molar-refractivity contribution is -0.122. The fourth-order valence-corrected chi connectivity index (χ4v) is 3.15. The Kier molecular flexibility index (Phi) is 6.32. The number of nitrogens with zero attached hydrogens (tertiary/aromatic N) is 3. The van der Waals surface area contributed by atoms with Crippen LogP contribution < -0.4 is 15.6 Å². The number of fused-ring (bicyclic) bond motifs is 1. The van der Waals surface area contributed by atoms with Crippen LogP contribution in [0.25, 0.3) is 11.0 Å². The van der Waals surface area contributed by atoms with Crippen LogP contribution in [0, 0.1) is 6.92 Å². The summed E-state index contributed by atoms with van der Waals surface area (Å²) in [6.07, 6.45) is 0. The number of rotatable bonds is 6. The molecule has 0 bridgehead atoms. The summed E-state index contributed by atoms with van der Waals surface area (Å²) in [5.74, 6) is -0.128. The number of hydrogen-bond donors (Lipinski definition) is 2. The van der Waals surface area contributed by atoms with Gasteiger partial charge < -0.3 is 4.74 Å². The lowest BCUT2D eigenvalue weighted by Crippen LogP contribution is -2.43. The number of aryl methyl sites for hydroxylation is 1. The van der Waals surface area contributed by atoms with Crippen LogP contribution in [-0.2, 0) is 17.9 Å². The molecule has 9 heteroatoms. The molecule has 1 heterocycles. The maximum Gasteiger partial charge on any atom is 0.269 e. The molecule has 3 aromatic carbocycles. The molecule has 8 nitrogen and oxygen atoms in total. The summed E-state index contributed by atoms with van der Waals surface area (Å²) in [6.45, 7) is 2.20. The fraction of sp³-hybridized carbons (Fsp3) is 0.130. The van der Waals surface area contributed by atoms with Gasteiger partial charge in [-0.15, -0.1) is 5.10 Å². The summed E-state index contributed by atoms with van der Waals surface area (Å²) in [6, 6.07) is 19.7. The standard InChI is InChI=1S/C23H20ClN5O3/c1-15-12-18(10-11-19(15)24)32-14-16-6-8-17(9-7-16)23(31)27-26-22(30)13-29-21-5-3-2-4-20(21)25-28-29/h2-12H,13-14H2,1H3,(H,26,30)(H,27,31). The van der Waals surface area contributed by atoms with E-state index in [1.807, 2.05) is 43.3 Å². The maximum absolute atomic E-state index is 12.3. The summed E-state index contributed by atoms with van der Waals surface area (Å²) in [7, 11) is 0. The van der Waals surface area contributed by atoms with Crippen LogP contribution in [-0.4, -0.2) is 26.8 Å². The van der Waals surface area contributed by atoms with Gasteiger partial charge in [-0.05, 0) is 60.5 Å². The molecule has 0 radical (unpaired) electrons. The van der Waals surface area contributed by atoms with Crippen molar-refractivity contribution in [1.29, 1.82) is 0 Å². The third-order valence-corrected chi connectivity index (χ3v) is 5.20. The van der Waals surface area contributed by atoms with Crippen molar-refractivity contribution in [2.75, 3.05) is 0 Å². The van der Waals surface area contributed by atoms with Crippen LogP contribution in [0.4, 0.5) is 0 Å². The van der Waals surface area contributed by atoms with Gasteiger partial charge in [0.15, 0.2) is 0 Å². The second-order valence-electron chi connectivity index (χ2n) is 7.13. The number of para-hydroxylation sites is 1. The van der Waals surface area contributed by atoms with Crippen molar-refractivity contribution >= 4 is 34.4 Å². The van der Waals surface area contributed by atoms with E-state index in [0.717, 1.165) is 22.4 Å². The van der Waals surface area contributed by atoms with Gasteiger partial charge >= 0.3 is 0 Å². The van der Waals surface area contributed by atoms with Gasteiger partial charge in [-0.3, -0.25) is 20.4 Å². The minimum Gasteiger partial charge on any atom is -0.489 e. The topological polar surface area (TPSA) is 98.1 Å². The van der Waals surface area contributed by atoms with E-state index in [4.69, 9.17) is 16.3 Å². The first-order valence-electron chi connectivity index (χ1n) is 9.85. The molecule has 1 aromatic heterocycles. The smallest absolute Gasteiger partial charge is 0.269 e. The lowest BCUT2D eigenvalue weighted by atomic mass is 10.1. The van der Waals surface area contributed by atoms with Gasteiger partial charge in [0.25, 0.3) is 11.8 Å². The number of hydrogen-bond acceptors (Lipinski definition) is 5. The van der Waals surface area contributed by atoms with E-state index >= 15 is 0 Å². The zero-order valence-corrected chi connectivity index (χ0v) is 18.0. The fourth-order valence-electron chi connectivity index (χ4n) is 3.03. The molecular formula is C23H20ClN5O3. The Labute approximate surface area is 189 Å². The average molecular weight is 450 g/mol. The molecule has 32 heavy (non-hydrogen) atoms. The molecule has 2 N–H and O–H groups in total. The van der Waals surface area contributed by atoms with Crippen molar-refractivity contribution in [3.63, 3.8) is 0 Å². The van der Waals surface area contributed by atoms with E-state index in [2.05, 4.69) is 21.2 Å². The Morgan fingerprint density at radius 2 is 1.81 bits per heavy atom. The molecule has 2 amide bonds. The van der Waals surface area contributed by atoms with E-state index in [1.54, 1.807) is 30.3 Å². The summed E-state index contributed by atoms with van der Waals surface area (Å²) in [4.78, 5) is 24.5. The first kappa shape index (κ1) is 21.3. The predicted molar refractivity (Wildman–Crippen MR) is 120 cm³/mol. The number of ether oxygens (including phenoxy) is 1. The number of carbonyl (C=O) groups is 2. The number of halogens is 1. The molecular weight excluding hydrogens is 430 g/mol. The van der Waals surface area contributed by atoms with Crippen molar-refractivity contribution in [3.8, 4) is 5.75 Å². The monoisotopic (exact) mass is 449 g/mol. The molecule has 0 saturated carbocycles. The highest BCUT2D eigenvalue weighted by atomic mass is 35.5. The van der Waals surface area contributed by atoms with Crippen LogP contribution >= 0.6 is 11.6 Å². The van der Waals surface area contributed by atoms with Gasteiger partial charge in [0, 0.05) is 10.6 Å². The number of aromatic nitrogens is 3. The third-order valence-electron chi connectivity index (χ3n) is 4.78. The maximum atomic E-state index is 12.3. The van der Waals surface area contributed by atoms with Crippen molar-refractivity contribution in [2.45, 2.75) is 20.1 Å². The van der Waals surface area contributed by atoms with E-state index in [-0.39, 0.29) is 6.54 Å². The average Bonchev–Trinajstić information content (AvgIpc) is 3.21. The minimum absolute atomic E-state index is 0.0682. The van der Waals surface area contributed by atoms with Crippen molar-refractivity contribution in [1.82, 2.24) is 25.8 Å². The lowest BCUT2D eigenvalue weighted by Gasteiger charge is -2.10. The Bertz CT molecular complexity index is 1270. The van der Waals surface area contributed by atoms with Crippen molar-refractivity contribution in [2.24, 2.45) is 0 Å². The Hall–Kier alpha value is -3.91. The van der Waals surface area contributed by atoms with Crippen molar-refractivity contribution < 1.29 is 14.3 Å². The largest absolute Gasteiger partial charge is 0.489 e. The molecule has 0 spiro atoms. The molecule has 0 aliphatic rings. The molecule has 4 rings (SSSR count). The Balaban J connectivity index is 1.27. The number of benzene rings is 3. The zero-order valence-electron chi connectivity index (χ0n) is 17.2. The molecule has 0 unspecified atom stereocenters. The van der Waals surface area contributed by atoms with Gasteiger partial charge in [-0.25, -0.2) is 4.68 Å². The summed E-state index contributed by atoms with van der Waals surface area (Å²) in [5, 5.41) is 8.64. The highest BCUT2D eigenvalue weighted by Gasteiger charge is 2.11. The molecule has 0 aliphatic carbocycles. The van der Waals surface area contributed by atoms with E-state index in [0.29, 0.717) is 22.7 Å². The number of carbonyl (C=O) groups excluding carboxylic acids is 2. The van der Waals surface area contributed by atoms with E-state index < -0.39 is 11.8 Å². The number of hydrazine groups is 1. The summed E-state index contributed by atoms with van der Waals surface area (Å²) in [5.41, 5.74) is 8.47. The molecule has 0 fully saturated rings. The number of nitrogens with one attached hydrogen (secondary N) is 2. The normalized spacial score (nSPS) is 10.7. The second-order valence-corrected chi connectivity index (χ2v) is 7.54. The second kappa shape index (κ2) is 9.49. The predicted octanol–water partition coefficient (Wildman–Crippen LogP) is 3.43. The Morgan fingerprint density at radius 1 is 1.03 bits per heavy atom. The first-order valence-corrected chi connectivity index (χ1v) is 10.2. The highest BCUT2D eigenvalue weighted by Crippen LogP contribution is 2.22. The van der Waals surface area contributed by atoms with Gasteiger partial charge in [0.2, 0.25) is 0 Å². The van der Waals surface area contributed by atoms with Gasteiger partial charge in [0.05, 0.1) is 5.52 Å². The van der Waals surface area contributed by atoms with Crippen LogP contribution in [0.1, 0.15) is 21.5 Å². The molecule has 0 aliphatic heterocycles. The minimum atomic E-state index is -0.428. The molecule has 162 valence electrons. The quantitative estimate of drug-likeness (QED) is 0.439. The zero-order chi connectivity index (χ0) is 22.5. The van der Waals surface area contributed by atoms with Crippen LogP contribution in [0.5, 0.6) is 5.75 Å². The molecule has 4 aromatic rings. The van der Waals surface area contributed by atoms with Gasteiger partial charge in [0.1, 0.15) is 24.4 Å². The van der Waals surface area contributed by atoms with Crippen LogP contribution in [0.3, 0.4) is 0 Å². The summed E-state index contributed by atoms with van der Waals surface area (Å²) < 4.78 is 7.22. The van der Waals surface area contributed by atoms with Crippen LogP contribution in [0.2, 0.25) is 5.02 Å². The highest BCUT2D eigenvalue weighted by molar-refractivity contribution is 6.31. The Morgan fingerprint density at radius 3 is 2.59 bits per heavy atom. The van der Waals surface area contributed by atoms with E-state index in [1.165, 1.54) is 4.68 Å². The molecule has 0 atom stereocenters. The van der Waals surface area contributed by atoms with Gasteiger partial charge in [-0.1, -0.05) is 41.1 Å². The van der Waals surface area contributed by atoms with Gasteiger partial charge in [-0.2, -0.15) is 0 Å². The first-order chi connectivity index (χ1) is 15.5.